The number of aromatic amines is 1. The fourth-order valence-corrected chi connectivity index (χ4v) is 2.77. The Kier molecular flexibility index (Phi) is 3.74. The number of hydrogen-bond acceptors (Lipinski definition) is 3. The minimum Gasteiger partial charge on any atom is -0.305 e. The summed E-state index contributed by atoms with van der Waals surface area (Å²) in [6.45, 7) is 2.01. The van der Waals surface area contributed by atoms with Crippen molar-refractivity contribution in [2.24, 2.45) is 0 Å². The SMILES string of the molecule is Cc1cncc(-c2ccc3[nH]nc(NC(=O)c4ccccc4)c3c2)c1. The molecule has 5 heteroatoms. The maximum atomic E-state index is 12.4. The van der Waals surface area contributed by atoms with Gasteiger partial charge in [-0.3, -0.25) is 14.9 Å². The molecule has 4 rings (SSSR count). The van der Waals surface area contributed by atoms with Gasteiger partial charge >= 0.3 is 0 Å². The smallest absolute Gasteiger partial charge is 0.256 e. The fraction of sp³-hybridized carbons (Fsp3) is 0.0500. The molecule has 0 radical (unpaired) electrons. The second-order valence-electron chi connectivity index (χ2n) is 5.90. The highest BCUT2D eigenvalue weighted by Gasteiger charge is 2.12. The number of pyridine rings is 1. The van der Waals surface area contributed by atoms with E-state index in [1.807, 2.05) is 55.7 Å². The minimum atomic E-state index is -0.184. The lowest BCUT2D eigenvalue weighted by atomic mass is 10.0. The first kappa shape index (κ1) is 15.1. The van der Waals surface area contributed by atoms with Crippen molar-refractivity contribution >= 4 is 22.6 Å². The number of amides is 1. The molecule has 2 aromatic heterocycles. The predicted octanol–water partition coefficient (Wildman–Crippen LogP) is 4.19. The van der Waals surface area contributed by atoms with Gasteiger partial charge in [-0.25, -0.2) is 0 Å². The molecule has 0 saturated carbocycles. The fourth-order valence-electron chi connectivity index (χ4n) is 2.77. The van der Waals surface area contributed by atoms with Crippen molar-refractivity contribution in [1.82, 2.24) is 15.2 Å². The molecule has 0 atom stereocenters. The van der Waals surface area contributed by atoms with Crippen LogP contribution in [0.5, 0.6) is 0 Å². The molecule has 0 aliphatic heterocycles. The van der Waals surface area contributed by atoms with Gasteiger partial charge in [0.2, 0.25) is 0 Å². The molecule has 122 valence electrons. The number of aromatic nitrogens is 3. The van der Waals surface area contributed by atoms with E-state index in [0.717, 1.165) is 27.6 Å². The summed E-state index contributed by atoms with van der Waals surface area (Å²) >= 11 is 0. The van der Waals surface area contributed by atoms with Crippen LogP contribution in [0.4, 0.5) is 5.82 Å². The zero-order chi connectivity index (χ0) is 17.2. The summed E-state index contributed by atoms with van der Waals surface area (Å²) in [6, 6.07) is 17.1. The van der Waals surface area contributed by atoms with E-state index < -0.39 is 0 Å². The molecule has 2 aromatic carbocycles. The number of aryl methyl sites for hydroxylation is 1. The number of fused-ring (bicyclic) bond motifs is 1. The van der Waals surface area contributed by atoms with Crippen LogP contribution in [-0.4, -0.2) is 21.1 Å². The van der Waals surface area contributed by atoms with E-state index in [0.29, 0.717) is 11.4 Å². The number of carbonyl (C=O) groups excluding carboxylic acids is 1. The van der Waals surface area contributed by atoms with Crippen LogP contribution in [0, 0.1) is 6.92 Å². The minimum absolute atomic E-state index is 0.184. The Morgan fingerprint density at radius 2 is 1.84 bits per heavy atom. The molecule has 2 N–H and O–H groups in total. The number of benzene rings is 2. The third-order valence-electron chi connectivity index (χ3n) is 4.04. The van der Waals surface area contributed by atoms with Gasteiger partial charge in [-0.2, -0.15) is 5.10 Å². The normalized spacial score (nSPS) is 10.8. The average molecular weight is 328 g/mol. The van der Waals surface area contributed by atoms with Crippen molar-refractivity contribution in [3.63, 3.8) is 0 Å². The highest BCUT2D eigenvalue weighted by atomic mass is 16.1. The van der Waals surface area contributed by atoms with Gasteiger partial charge in [0, 0.05) is 28.9 Å². The number of rotatable bonds is 3. The summed E-state index contributed by atoms with van der Waals surface area (Å²) in [5.74, 6) is 0.336. The van der Waals surface area contributed by atoms with Crippen LogP contribution in [0.1, 0.15) is 15.9 Å². The van der Waals surface area contributed by atoms with Crippen LogP contribution in [0.15, 0.2) is 67.0 Å². The summed E-state index contributed by atoms with van der Waals surface area (Å²) < 4.78 is 0. The molecular weight excluding hydrogens is 312 g/mol. The van der Waals surface area contributed by atoms with Crippen LogP contribution in [0.25, 0.3) is 22.0 Å². The van der Waals surface area contributed by atoms with Gasteiger partial charge in [0.15, 0.2) is 5.82 Å². The Hall–Kier alpha value is -3.47. The molecule has 5 nitrogen and oxygen atoms in total. The topological polar surface area (TPSA) is 70.7 Å². The van der Waals surface area contributed by atoms with E-state index in [-0.39, 0.29) is 5.91 Å². The third-order valence-corrected chi connectivity index (χ3v) is 4.04. The van der Waals surface area contributed by atoms with Gasteiger partial charge in [-0.1, -0.05) is 24.3 Å². The first-order valence-corrected chi connectivity index (χ1v) is 7.97. The predicted molar refractivity (Wildman–Crippen MR) is 98.5 cm³/mol. The molecule has 0 unspecified atom stereocenters. The average Bonchev–Trinajstić information content (AvgIpc) is 3.04. The largest absolute Gasteiger partial charge is 0.305 e. The molecule has 0 aliphatic carbocycles. The van der Waals surface area contributed by atoms with Crippen molar-refractivity contribution < 1.29 is 4.79 Å². The molecule has 0 spiro atoms. The molecular formula is C20H16N4O. The van der Waals surface area contributed by atoms with Gasteiger partial charge < -0.3 is 5.32 Å². The Morgan fingerprint density at radius 3 is 2.64 bits per heavy atom. The van der Waals surface area contributed by atoms with E-state index in [2.05, 4.69) is 26.6 Å². The quantitative estimate of drug-likeness (QED) is 0.592. The van der Waals surface area contributed by atoms with Crippen LogP contribution < -0.4 is 5.32 Å². The Morgan fingerprint density at radius 1 is 1.00 bits per heavy atom. The Bertz CT molecular complexity index is 1050. The van der Waals surface area contributed by atoms with Gasteiger partial charge in [-0.15, -0.1) is 0 Å². The molecule has 25 heavy (non-hydrogen) atoms. The van der Waals surface area contributed by atoms with Gasteiger partial charge in [-0.05, 0) is 48.4 Å². The van der Waals surface area contributed by atoms with Crippen molar-refractivity contribution in [3.05, 3.63) is 78.1 Å². The molecule has 0 bridgehead atoms. The van der Waals surface area contributed by atoms with Crippen molar-refractivity contribution in [2.45, 2.75) is 6.92 Å². The summed E-state index contributed by atoms with van der Waals surface area (Å²) in [4.78, 5) is 16.6. The lowest BCUT2D eigenvalue weighted by molar-refractivity contribution is 0.102. The van der Waals surface area contributed by atoms with E-state index in [1.165, 1.54) is 0 Å². The molecule has 0 fully saturated rings. The summed E-state index contributed by atoms with van der Waals surface area (Å²) in [6.07, 6.45) is 3.65. The van der Waals surface area contributed by atoms with Gasteiger partial charge in [0.25, 0.3) is 5.91 Å². The maximum absolute atomic E-state index is 12.4. The van der Waals surface area contributed by atoms with Crippen LogP contribution in [-0.2, 0) is 0 Å². The number of hydrogen-bond donors (Lipinski definition) is 2. The molecule has 1 amide bonds. The third kappa shape index (κ3) is 2.99. The number of carbonyl (C=O) groups is 1. The molecule has 0 aliphatic rings. The van der Waals surface area contributed by atoms with Gasteiger partial charge in [0.1, 0.15) is 0 Å². The highest BCUT2D eigenvalue weighted by molar-refractivity contribution is 6.08. The van der Waals surface area contributed by atoms with Crippen LogP contribution >= 0.6 is 0 Å². The van der Waals surface area contributed by atoms with E-state index >= 15 is 0 Å². The van der Waals surface area contributed by atoms with E-state index in [9.17, 15) is 4.79 Å². The molecule has 2 heterocycles. The zero-order valence-corrected chi connectivity index (χ0v) is 13.7. The van der Waals surface area contributed by atoms with Crippen molar-refractivity contribution in [1.29, 1.82) is 0 Å². The first-order chi connectivity index (χ1) is 12.2. The number of anilines is 1. The van der Waals surface area contributed by atoms with Crippen molar-refractivity contribution in [3.8, 4) is 11.1 Å². The van der Waals surface area contributed by atoms with Crippen molar-refractivity contribution in [2.75, 3.05) is 5.32 Å². The van der Waals surface area contributed by atoms with E-state index in [4.69, 9.17) is 0 Å². The first-order valence-electron chi connectivity index (χ1n) is 7.97. The second kappa shape index (κ2) is 6.20. The van der Waals surface area contributed by atoms with Gasteiger partial charge in [0.05, 0.1) is 5.52 Å². The standard InChI is InChI=1S/C20H16N4O/c1-13-9-16(12-21-11-13)15-7-8-18-17(10-15)19(24-23-18)22-20(25)14-5-3-2-4-6-14/h2-12H,1H3,(H2,22,23,24,25). The lowest BCUT2D eigenvalue weighted by Gasteiger charge is -2.05. The number of nitrogens with one attached hydrogen (secondary N) is 2. The Balaban J connectivity index is 1.71. The lowest BCUT2D eigenvalue weighted by Crippen LogP contribution is -2.12. The van der Waals surface area contributed by atoms with E-state index in [1.54, 1.807) is 12.1 Å². The monoisotopic (exact) mass is 328 g/mol. The summed E-state index contributed by atoms with van der Waals surface area (Å²) in [5.41, 5.74) is 4.62. The molecule has 0 saturated heterocycles. The summed E-state index contributed by atoms with van der Waals surface area (Å²) in [7, 11) is 0. The Labute approximate surface area is 144 Å². The van der Waals surface area contributed by atoms with Crippen LogP contribution in [0.2, 0.25) is 0 Å². The summed E-state index contributed by atoms with van der Waals surface area (Å²) in [5, 5.41) is 10.9. The number of nitrogens with zero attached hydrogens (tertiary/aromatic N) is 2. The number of H-pyrrole nitrogens is 1. The highest BCUT2D eigenvalue weighted by Crippen LogP contribution is 2.27. The van der Waals surface area contributed by atoms with Crippen LogP contribution in [0.3, 0.4) is 0 Å². The zero-order valence-electron chi connectivity index (χ0n) is 13.7. The maximum Gasteiger partial charge on any atom is 0.256 e. The molecule has 4 aromatic rings. The second-order valence-corrected chi connectivity index (χ2v) is 5.90.